The van der Waals surface area contributed by atoms with Crippen molar-refractivity contribution in [3.8, 4) is 0 Å². The number of thiazole rings is 1. The molecule has 0 aromatic carbocycles. The van der Waals surface area contributed by atoms with Crippen LogP contribution in [-0.4, -0.2) is 25.2 Å². The lowest BCUT2D eigenvalue weighted by atomic mass is 10.1. The van der Waals surface area contributed by atoms with Gasteiger partial charge in [-0.1, -0.05) is 6.92 Å². The van der Waals surface area contributed by atoms with E-state index in [4.69, 9.17) is 4.74 Å². The van der Waals surface area contributed by atoms with Gasteiger partial charge in [0.25, 0.3) is 0 Å². The zero-order chi connectivity index (χ0) is 11.5. The van der Waals surface area contributed by atoms with Crippen LogP contribution < -0.4 is 5.32 Å². The van der Waals surface area contributed by atoms with Gasteiger partial charge in [-0.25, -0.2) is 4.98 Å². The van der Waals surface area contributed by atoms with Crippen molar-refractivity contribution < 1.29 is 4.74 Å². The maximum absolute atomic E-state index is 5.27. The normalized spacial score (nSPS) is 15.3. The predicted molar refractivity (Wildman–Crippen MR) is 64.5 cm³/mol. The average Bonchev–Trinajstić information content (AvgIpc) is 2.48. The lowest BCUT2D eigenvalue weighted by Crippen LogP contribution is -2.43. The summed E-state index contributed by atoms with van der Waals surface area (Å²) in [5.41, 5.74) is 0.961. The molecule has 0 radical (unpaired) electrons. The molecule has 86 valence electrons. The van der Waals surface area contributed by atoms with Crippen LogP contribution in [0.4, 0.5) is 0 Å². The lowest BCUT2D eigenvalue weighted by Gasteiger charge is -2.27. The van der Waals surface area contributed by atoms with Crippen LogP contribution in [0.25, 0.3) is 0 Å². The van der Waals surface area contributed by atoms with Crippen LogP contribution >= 0.6 is 11.3 Å². The van der Waals surface area contributed by atoms with E-state index >= 15 is 0 Å². The molecule has 15 heavy (non-hydrogen) atoms. The molecule has 1 rings (SSSR count). The Morgan fingerprint density at radius 2 is 2.13 bits per heavy atom. The third-order valence-corrected chi connectivity index (χ3v) is 3.84. The maximum atomic E-state index is 5.27. The van der Waals surface area contributed by atoms with Gasteiger partial charge in [0.1, 0.15) is 5.01 Å². The van der Waals surface area contributed by atoms with Gasteiger partial charge >= 0.3 is 0 Å². The number of nitrogens with zero attached hydrogens (tertiary/aromatic N) is 1. The molecule has 4 heteroatoms. The highest BCUT2D eigenvalue weighted by atomic mass is 32.1. The topological polar surface area (TPSA) is 34.1 Å². The van der Waals surface area contributed by atoms with E-state index in [0.29, 0.717) is 6.61 Å². The fourth-order valence-electron chi connectivity index (χ4n) is 1.58. The van der Waals surface area contributed by atoms with Crippen LogP contribution in [0.5, 0.6) is 0 Å². The quantitative estimate of drug-likeness (QED) is 0.839. The summed E-state index contributed by atoms with van der Waals surface area (Å²) in [5.74, 6) is 0. The van der Waals surface area contributed by atoms with E-state index in [0.717, 1.165) is 17.2 Å². The highest BCUT2D eigenvalue weighted by Gasteiger charge is 2.29. The van der Waals surface area contributed by atoms with Gasteiger partial charge < -0.3 is 10.1 Å². The van der Waals surface area contributed by atoms with Gasteiger partial charge in [0.05, 0.1) is 17.8 Å². The van der Waals surface area contributed by atoms with E-state index in [2.05, 4.69) is 38.0 Å². The number of methoxy groups -OCH3 is 1. The Bertz CT molecular complexity index is 297. The molecule has 1 aromatic rings. The number of aryl methyl sites for hydroxylation is 2. The Balaban J connectivity index is 2.97. The predicted octanol–water partition coefficient (Wildman–Crippen LogP) is 2.23. The molecule has 0 bridgehead atoms. The van der Waals surface area contributed by atoms with Crippen molar-refractivity contribution in [2.45, 2.75) is 33.2 Å². The Morgan fingerprint density at radius 1 is 1.47 bits per heavy atom. The Hall–Kier alpha value is -0.450. The van der Waals surface area contributed by atoms with Crippen molar-refractivity contribution in [1.82, 2.24) is 10.3 Å². The molecule has 0 aliphatic heterocycles. The van der Waals surface area contributed by atoms with E-state index in [1.54, 1.807) is 18.4 Å². The molecule has 1 heterocycles. The third-order valence-electron chi connectivity index (χ3n) is 2.50. The van der Waals surface area contributed by atoms with Gasteiger partial charge in [-0.05, 0) is 27.3 Å². The van der Waals surface area contributed by atoms with E-state index in [9.17, 15) is 0 Å². The second-order valence-electron chi connectivity index (χ2n) is 3.96. The largest absolute Gasteiger partial charge is 0.382 e. The Labute approximate surface area is 95.9 Å². The minimum Gasteiger partial charge on any atom is -0.382 e. The molecule has 0 spiro atoms. The van der Waals surface area contributed by atoms with Gasteiger partial charge in [0.15, 0.2) is 0 Å². The standard InChI is InChI=1S/C11H20N2OS/c1-6-12-11(4,7-14-5)10-13-8(2)9(3)15-10/h12H,6-7H2,1-5H3. The molecule has 0 amide bonds. The van der Waals surface area contributed by atoms with E-state index in [-0.39, 0.29) is 5.54 Å². The van der Waals surface area contributed by atoms with Gasteiger partial charge in [0.2, 0.25) is 0 Å². The van der Waals surface area contributed by atoms with Gasteiger partial charge in [-0.15, -0.1) is 11.3 Å². The molecule has 3 nitrogen and oxygen atoms in total. The van der Waals surface area contributed by atoms with Gasteiger partial charge in [0, 0.05) is 12.0 Å². The fraction of sp³-hybridized carbons (Fsp3) is 0.727. The first-order chi connectivity index (χ1) is 7.03. The van der Waals surface area contributed by atoms with Crippen molar-refractivity contribution in [3.05, 3.63) is 15.6 Å². The summed E-state index contributed by atoms with van der Waals surface area (Å²) < 4.78 is 5.27. The Morgan fingerprint density at radius 3 is 2.53 bits per heavy atom. The first-order valence-corrected chi connectivity index (χ1v) is 6.03. The minimum atomic E-state index is -0.160. The Kier molecular flexibility index (Phi) is 4.25. The number of hydrogen-bond acceptors (Lipinski definition) is 4. The number of nitrogens with one attached hydrogen (secondary N) is 1. The number of ether oxygens (including phenoxy) is 1. The zero-order valence-corrected chi connectivity index (χ0v) is 11.0. The van der Waals surface area contributed by atoms with Crippen LogP contribution in [0.1, 0.15) is 29.4 Å². The minimum absolute atomic E-state index is 0.160. The molecule has 0 fully saturated rings. The molecule has 1 unspecified atom stereocenters. The second-order valence-corrected chi connectivity index (χ2v) is 5.16. The number of rotatable bonds is 5. The van der Waals surface area contributed by atoms with E-state index < -0.39 is 0 Å². The molecule has 0 aliphatic rings. The summed E-state index contributed by atoms with van der Waals surface area (Å²) >= 11 is 1.75. The number of aromatic nitrogens is 1. The van der Waals surface area contributed by atoms with Crippen LogP contribution in [-0.2, 0) is 10.3 Å². The van der Waals surface area contributed by atoms with Crippen molar-refractivity contribution in [3.63, 3.8) is 0 Å². The van der Waals surface area contributed by atoms with Crippen LogP contribution in [0.3, 0.4) is 0 Å². The molecule has 0 saturated carbocycles. The SMILES string of the molecule is CCNC(C)(COC)c1nc(C)c(C)s1. The molecular formula is C11H20N2OS. The summed E-state index contributed by atoms with van der Waals surface area (Å²) in [4.78, 5) is 5.88. The smallest absolute Gasteiger partial charge is 0.115 e. The molecule has 1 aromatic heterocycles. The second kappa shape index (κ2) is 5.05. The average molecular weight is 228 g/mol. The fourth-order valence-corrected chi connectivity index (χ4v) is 2.60. The van der Waals surface area contributed by atoms with Crippen molar-refractivity contribution in [1.29, 1.82) is 0 Å². The summed E-state index contributed by atoms with van der Waals surface area (Å²) in [6.45, 7) is 9.95. The van der Waals surface area contributed by atoms with Crippen molar-refractivity contribution in [2.24, 2.45) is 0 Å². The van der Waals surface area contributed by atoms with Gasteiger partial charge in [-0.2, -0.15) is 0 Å². The molecule has 0 aliphatic carbocycles. The number of likely N-dealkylation sites (N-methyl/N-ethyl adjacent to an activating group) is 1. The first-order valence-electron chi connectivity index (χ1n) is 5.22. The summed E-state index contributed by atoms with van der Waals surface area (Å²) in [6, 6.07) is 0. The number of hydrogen-bond donors (Lipinski definition) is 1. The van der Waals surface area contributed by atoms with Crippen LogP contribution in [0.15, 0.2) is 0 Å². The highest BCUT2D eigenvalue weighted by molar-refractivity contribution is 7.11. The van der Waals surface area contributed by atoms with Crippen LogP contribution in [0.2, 0.25) is 0 Å². The zero-order valence-electron chi connectivity index (χ0n) is 10.2. The summed E-state index contributed by atoms with van der Waals surface area (Å²) in [7, 11) is 1.73. The lowest BCUT2D eigenvalue weighted by molar-refractivity contribution is 0.119. The molecule has 1 atom stereocenters. The molecule has 0 saturated heterocycles. The molecular weight excluding hydrogens is 208 g/mol. The van der Waals surface area contributed by atoms with E-state index in [1.165, 1.54) is 4.88 Å². The van der Waals surface area contributed by atoms with Gasteiger partial charge in [-0.3, -0.25) is 0 Å². The molecule has 1 N–H and O–H groups in total. The third kappa shape index (κ3) is 2.77. The first kappa shape index (κ1) is 12.6. The monoisotopic (exact) mass is 228 g/mol. The van der Waals surface area contributed by atoms with Crippen molar-refractivity contribution in [2.75, 3.05) is 20.3 Å². The highest BCUT2D eigenvalue weighted by Crippen LogP contribution is 2.27. The van der Waals surface area contributed by atoms with Crippen molar-refractivity contribution >= 4 is 11.3 Å². The van der Waals surface area contributed by atoms with E-state index in [1.807, 2.05) is 0 Å². The summed E-state index contributed by atoms with van der Waals surface area (Å²) in [6.07, 6.45) is 0. The maximum Gasteiger partial charge on any atom is 0.115 e. The summed E-state index contributed by atoms with van der Waals surface area (Å²) in [5, 5.41) is 4.55. The van der Waals surface area contributed by atoms with Crippen LogP contribution in [0, 0.1) is 13.8 Å².